The van der Waals surface area contributed by atoms with Crippen molar-refractivity contribution in [1.82, 2.24) is 4.98 Å². The second kappa shape index (κ2) is 6.21. The van der Waals surface area contributed by atoms with Crippen LogP contribution in [-0.4, -0.2) is 16.1 Å². The van der Waals surface area contributed by atoms with Crippen molar-refractivity contribution in [3.8, 4) is 0 Å². The molecule has 0 bridgehead atoms. The van der Waals surface area contributed by atoms with Gasteiger partial charge in [0.05, 0.1) is 16.8 Å². The molecule has 0 saturated heterocycles. The van der Waals surface area contributed by atoms with Gasteiger partial charge in [0.2, 0.25) is 0 Å². The summed E-state index contributed by atoms with van der Waals surface area (Å²) < 4.78 is 0. The highest BCUT2D eigenvalue weighted by Gasteiger charge is 2.10. The summed E-state index contributed by atoms with van der Waals surface area (Å²) in [5.41, 5.74) is 2.65. The van der Waals surface area contributed by atoms with Gasteiger partial charge in [-0.3, -0.25) is 0 Å². The number of benzene rings is 3. The number of para-hydroxylation sites is 1. The standard InChI is InChI=1S/C22H15NO2/c24-22(25)20-14-17(23-21-11-4-3-10-19(20)21)13-12-16-8-5-7-15-6-1-2-9-18(15)16/h1-14H,(H,24,25)/b13-12+. The highest BCUT2D eigenvalue weighted by Crippen LogP contribution is 2.22. The Kier molecular flexibility index (Phi) is 3.75. The van der Waals surface area contributed by atoms with Crippen LogP contribution in [0.1, 0.15) is 21.6 Å². The molecule has 3 nitrogen and oxygen atoms in total. The highest BCUT2D eigenvalue weighted by atomic mass is 16.4. The SMILES string of the molecule is O=C(O)c1cc(/C=C/c2cccc3ccccc23)nc2ccccc12. The van der Waals surface area contributed by atoms with Gasteiger partial charge in [-0.05, 0) is 34.5 Å². The number of fused-ring (bicyclic) bond motifs is 2. The van der Waals surface area contributed by atoms with E-state index in [2.05, 4.69) is 23.2 Å². The molecule has 0 aliphatic carbocycles. The minimum absolute atomic E-state index is 0.267. The summed E-state index contributed by atoms with van der Waals surface area (Å²) >= 11 is 0. The Morgan fingerprint density at radius 3 is 2.40 bits per heavy atom. The average molecular weight is 325 g/mol. The molecule has 3 aromatic carbocycles. The van der Waals surface area contributed by atoms with E-state index in [4.69, 9.17) is 0 Å². The Bertz CT molecular complexity index is 1120. The van der Waals surface area contributed by atoms with E-state index < -0.39 is 5.97 Å². The summed E-state index contributed by atoms with van der Waals surface area (Å²) in [6.45, 7) is 0. The topological polar surface area (TPSA) is 50.2 Å². The van der Waals surface area contributed by atoms with Gasteiger partial charge in [-0.15, -0.1) is 0 Å². The number of nitrogens with zero attached hydrogens (tertiary/aromatic N) is 1. The van der Waals surface area contributed by atoms with E-state index in [-0.39, 0.29) is 5.56 Å². The lowest BCUT2D eigenvalue weighted by Crippen LogP contribution is -2.00. The maximum absolute atomic E-state index is 11.6. The van der Waals surface area contributed by atoms with Gasteiger partial charge in [-0.25, -0.2) is 9.78 Å². The van der Waals surface area contributed by atoms with Crippen LogP contribution in [0.3, 0.4) is 0 Å². The average Bonchev–Trinajstić information content (AvgIpc) is 2.65. The molecule has 0 unspecified atom stereocenters. The van der Waals surface area contributed by atoms with Gasteiger partial charge in [0.15, 0.2) is 0 Å². The Morgan fingerprint density at radius 2 is 1.56 bits per heavy atom. The Hall–Kier alpha value is -3.46. The van der Waals surface area contributed by atoms with Gasteiger partial charge in [0.25, 0.3) is 0 Å². The summed E-state index contributed by atoms with van der Waals surface area (Å²) in [6, 6.07) is 23.2. The van der Waals surface area contributed by atoms with Gasteiger partial charge < -0.3 is 5.11 Å². The maximum atomic E-state index is 11.6. The van der Waals surface area contributed by atoms with Crippen LogP contribution >= 0.6 is 0 Å². The molecular weight excluding hydrogens is 310 g/mol. The fourth-order valence-electron chi connectivity index (χ4n) is 3.03. The predicted octanol–water partition coefficient (Wildman–Crippen LogP) is 5.26. The summed E-state index contributed by atoms with van der Waals surface area (Å²) in [4.78, 5) is 16.1. The first-order valence-electron chi connectivity index (χ1n) is 8.01. The van der Waals surface area contributed by atoms with Crippen molar-refractivity contribution in [3.63, 3.8) is 0 Å². The first kappa shape index (κ1) is 15.1. The number of carbonyl (C=O) groups is 1. The van der Waals surface area contributed by atoms with E-state index in [1.807, 2.05) is 54.6 Å². The smallest absolute Gasteiger partial charge is 0.336 e. The molecule has 0 radical (unpaired) electrons. The third-order valence-electron chi connectivity index (χ3n) is 4.22. The lowest BCUT2D eigenvalue weighted by molar-refractivity contribution is 0.0699. The van der Waals surface area contributed by atoms with Crippen molar-refractivity contribution in [2.24, 2.45) is 0 Å². The normalized spacial score (nSPS) is 11.4. The van der Waals surface area contributed by atoms with Crippen molar-refractivity contribution in [2.75, 3.05) is 0 Å². The van der Waals surface area contributed by atoms with Gasteiger partial charge in [0.1, 0.15) is 0 Å². The molecule has 25 heavy (non-hydrogen) atoms. The molecule has 0 aliphatic heterocycles. The van der Waals surface area contributed by atoms with Crippen LogP contribution < -0.4 is 0 Å². The molecule has 0 spiro atoms. The molecule has 4 aromatic rings. The Morgan fingerprint density at radius 1 is 0.840 bits per heavy atom. The largest absolute Gasteiger partial charge is 0.478 e. The first-order chi connectivity index (χ1) is 12.2. The second-order valence-corrected chi connectivity index (χ2v) is 5.82. The van der Waals surface area contributed by atoms with Crippen LogP contribution in [0.5, 0.6) is 0 Å². The molecule has 4 rings (SSSR count). The number of hydrogen-bond acceptors (Lipinski definition) is 2. The Labute approximate surface area is 144 Å². The van der Waals surface area contributed by atoms with Gasteiger partial charge >= 0.3 is 5.97 Å². The third kappa shape index (κ3) is 2.88. The van der Waals surface area contributed by atoms with Crippen LogP contribution in [-0.2, 0) is 0 Å². The number of carboxylic acid groups (broad SMARTS) is 1. The second-order valence-electron chi connectivity index (χ2n) is 5.82. The summed E-state index contributed by atoms with van der Waals surface area (Å²) in [5.74, 6) is -0.946. The molecule has 1 aromatic heterocycles. The van der Waals surface area contributed by atoms with E-state index in [0.717, 1.165) is 10.9 Å². The number of aromatic carboxylic acids is 1. The number of pyridine rings is 1. The highest BCUT2D eigenvalue weighted by molar-refractivity contribution is 6.03. The number of rotatable bonds is 3. The summed E-state index contributed by atoms with van der Waals surface area (Å²) in [7, 11) is 0. The zero-order chi connectivity index (χ0) is 17.2. The van der Waals surface area contributed by atoms with Crippen LogP contribution in [0.25, 0.3) is 33.8 Å². The minimum Gasteiger partial charge on any atom is -0.478 e. The molecule has 0 saturated carbocycles. The molecule has 120 valence electrons. The monoisotopic (exact) mass is 325 g/mol. The molecule has 3 heteroatoms. The molecule has 0 fully saturated rings. The van der Waals surface area contributed by atoms with E-state index in [0.29, 0.717) is 16.6 Å². The minimum atomic E-state index is -0.946. The van der Waals surface area contributed by atoms with Crippen LogP contribution in [0.15, 0.2) is 72.8 Å². The van der Waals surface area contributed by atoms with E-state index in [1.54, 1.807) is 12.1 Å². The van der Waals surface area contributed by atoms with Gasteiger partial charge in [-0.2, -0.15) is 0 Å². The van der Waals surface area contributed by atoms with Crippen molar-refractivity contribution in [3.05, 3.63) is 89.6 Å². The summed E-state index contributed by atoms with van der Waals surface area (Å²) in [6.07, 6.45) is 3.84. The van der Waals surface area contributed by atoms with Gasteiger partial charge in [0, 0.05) is 5.39 Å². The van der Waals surface area contributed by atoms with Crippen molar-refractivity contribution >= 4 is 39.8 Å². The zero-order valence-corrected chi connectivity index (χ0v) is 13.4. The fraction of sp³-hybridized carbons (Fsp3) is 0. The van der Waals surface area contributed by atoms with Crippen LogP contribution in [0.4, 0.5) is 0 Å². The van der Waals surface area contributed by atoms with Crippen LogP contribution in [0.2, 0.25) is 0 Å². The quantitative estimate of drug-likeness (QED) is 0.559. The molecule has 0 atom stereocenters. The lowest BCUT2D eigenvalue weighted by Gasteiger charge is -2.05. The summed E-state index contributed by atoms with van der Waals surface area (Å²) in [5, 5.41) is 12.5. The van der Waals surface area contributed by atoms with Crippen molar-refractivity contribution < 1.29 is 9.90 Å². The van der Waals surface area contributed by atoms with E-state index >= 15 is 0 Å². The molecule has 0 amide bonds. The number of aromatic nitrogens is 1. The molecule has 0 aliphatic rings. The van der Waals surface area contributed by atoms with Crippen molar-refractivity contribution in [1.29, 1.82) is 0 Å². The fourth-order valence-corrected chi connectivity index (χ4v) is 3.03. The van der Waals surface area contributed by atoms with Crippen molar-refractivity contribution in [2.45, 2.75) is 0 Å². The number of carboxylic acids is 1. The van der Waals surface area contributed by atoms with Gasteiger partial charge in [-0.1, -0.05) is 66.7 Å². The zero-order valence-electron chi connectivity index (χ0n) is 13.4. The molecule has 1 heterocycles. The van der Waals surface area contributed by atoms with E-state index in [1.165, 1.54) is 5.39 Å². The predicted molar refractivity (Wildman–Crippen MR) is 102 cm³/mol. The molecular formula is C22H15NO2. The molecule has 1 N–H and O–H groups in total. The Balaban J connectivity index is 1.82. The van der Waals surface area contributed by atoms with E-state index in [9.17, 15) is 9.90 Å². The lowest BCUT2D eigenvalue weighted by atomic mass is 10.0. The number of hydrogen-bond donors (Lipinski definition) is 1. The third-order valence-corrected chi connectivity index (χ3v) is 4.22. The first-order valence-corrected chi connectivity index (χ1v) is 8.01. The van der Waals surface area contributed by atoms with Crippen LogP contribution in [0, 0.1) is 0 Å². The maximum Gasteiger partial charge on any atom is 0.336 e.